The van der Waals surface area contributed by atoms with Gasteiger partial charge in [0, 0.05) is 6.07 Å². The van der Waals surface area contributed by atoms with Gasteiger partial charge in [0.2, 0.25) is 10.0 Å². The molecular weight excluding hydrogens is 319 g/mol. The number of sulfonamides is 1. The Morgan fingerprint density at radius 3 is 2.36 bits per heavy atom. The molecule has 0 fully saturated rings. The summed E-state index contributed by atoms with van der Waals surface area (Å²) >= 11 is 0. The van der Waals surface area contributed by atoms with E-state index in [2.05, 4.69) is 0 Å². The summed E-state index contributed by atoms with van der Waals surface area (Å²) in [4.78, 5) is 20.3. The number of carboxylic acid groups (broad SMARTS) is 1. The van der Waals surface area contributed by atoms with Crippen LogP contribution in [0.15, 0.2) is 17.0 Å². The van der Waals surface area contributed by atoms with Gasteiger partial charge in [-0.2, -0.15) is 4.72 Å². The second kappa shape index (κ2) is 6.36. The number of carbonyl (C=O) groups is 1. The fourth-order valence-corrected chi connectivity index (χ4v) is 3.06. The van der Waals surface area contributed by atoms with Crippen molar-refractivity contribution in [3.63, 3.8) is 0 Å². The Morgan fingerprint density at radius 2 is 1.95 bits per heavy atom. The summed E-state index contributed by atoms with van der Waals surface area (Å²) in [6.45, 7) is 4.12. The summed E-state index contributed by atoms with van der Waals surface area (Å²) < 4.78 is 39.8. The van der Waals surface area contributed by atoms with Crippen LogP contribution in [0.4, 0.5) is 10.1 Å². The van der Waals surface area contributed by atoms with Crippen molar-refractivity contribution in [1.29, 1.82) is 0 Å². The maximum Gasteiger partial charge on any atom is 0.322 e. The minimum absolute atomic E-state index is 0.303. The summed E-state index contributed by atoms with van der Waals surface area (Å²) in [5.41, 5.74) is -1.00. The van der Waals surface area contributed by atoms with Crippen LogP contribution in [0.3, 0.4) is 0 Å². The predicted octanol–water partition coefficient (Wildman–Crippen LogP) is 1.43. The molecule has 0 aliphatic heterocycles. The molecule has 122 valence electrons. The van der Waals surface area contributed by atoms with Crippen LogP contribution in [0.5, 0.6) is 0 Å². The molecular formula is C12H15FN2O6S. The van der Waals surface area contributed by atoms with E-state index in [1.165, 1.54) is 13.8 Å². The molecule has 0 aromatic heterocycles. The SMILES string of the molecule is Cc1c(F)cc(S(=O)(=O)N[C@@H](C(=O)O)C(C)C)cc1[N+](=O)[O-]. The van der Waals surface area contributed by atoms with Crippen LogP contribution in [0.2, 0.25) is 0 Å². The van der Waals surface area contributed by atoms with Crippen LogP contribution in [0, 0.1) is 28.8 Å². The van der Waals surface area contributed by atoms with Crippen LogP contribution >= 0.6 is 0 Å². The van der Waals surface area contributed by atoms with E-state index in [4.69, 9.17) is 5.11 Å². The highest BCUT2D eigenvalue weighted by Crippen LogP contribution is 2.25. The number of halogens is 1. The number of nitro groups is 1. The summed E-state index contributed by atoms with van der Waals surface area (Å²) in [5.74, 6) is -3.04. The zero-order valence-corrected chi connectivity index (χ0v) is 12.8. The molecule has 1 atom stereocenters. The number of aliphatic carboxylic acids is 1. The molecule has 0 spiro atoms. The van der Waals surface area contributed by atoms with Crippen molar-refractivity contribution in [2.75, 3.05) is 0 Å². The maximum absolute atomic E-state index is 13.7. The lowest BCUT2D eigenvalue weighted by Crippen LogP contribution is -2.44. The van der Waals surface area contributed by atoms with Crippen LogP contribution in [-0.2, 0) is 14.8 Å². The van der Waals surface area contributed by atoms with Crippen LogP contribution < -0.4 is 4.72 Å². The van der Waals surface area contributed by atoms with E-state index >= 15 is 0 Å². The Kier molecular flexibility index (Phi) is 5.20. The lowest BCUT2D eigenvalue weighted by molar-refractivity contribution is -0.385. The van der Waals surface area contributed by atoms with Crippen molar-refractivity contribution in [3.8, 4) is 0 Å². The number of rotatable bonds is 6. The number of carboxylic acids is 1. The maximum atomic E-state index is 13.7. The highest BCUT2D eigenvalue weighted by atomic mass is 32.2. The molecule has 1 rings (SSSR count). The summed E-state index contributed by atoms with van der Waals surface area (Å²) in [5, 5.41) is 19.8. The third-order valence-electron chi connectivity index (χ3n) is 3.01. The summed E-state index contributed by atoms with van der Waals surface area (Å²) in [7, 11) is -4.42. The Morgan fingerprint density at radius 1 is 1.41 bits per heavy atom. The number of nitro benzene ring substituents is 1. The van der Waals surface area contributed by atoms with Gasteiger partial charge >= 0.3 is 5.97 Å². The van der Waals surface area contributed by atoms with Gasteiger partial charge in [0.1, 0.15) is 11.9 Å². The molecule has 0 aliphatic carbocycles. The molecule has 10 heteroatoms. The minimum atomic E-state index is -4.42. The molecule has 22 heavy (non-hydrogen) atoms. The van der Waals surface area contributed by atoms with Gasteiger partial charge in [-0.1, -0.05) is 13.8 Å². The second-order valence-corrected chi connectivity index (χ2v) is 6.70. The highest BCUT2D eigenvalue weighted by Gasteiger charge is 2.30. The first-order chi connectivity index (χ1) is 9.97. The van der Waals surface area contributed by atoms with E-state index in [0.29, 0.717) is 12.1 Å². The quantitative estimate of drug-likeness (QED) is 0.598. The fraction of sp³-hybridized carbons (Fsp3) is 0.417. The van der Waals surface area contributed by atoms with E-state index < -0.39 is 49.3 Å². The molecule has 2 N–H and O–H groups in total. The largest absolute Gasteiger partial charge is 0.480 e. The number of nitrogens with one attached hydrogen (secondary N) is 1. The summed E-state index contributed by atoms with van der Waals surface area (Å²) in [6, 6.07) is -0.127. The van der Waals surface area contributed by atoms with Gasteiger partial charge in [-0.3, -0.25) is 14.9 Å². The Hall–Kier alpha value is -2.07. The highest BCUT2D eigenvalue weighted by molar-refractivity contribution is 7.89. The normalized spacial score (nSPS) is 13.1. The zero-order valence-electron chi connectivity index (χ0n) is 12.0. The standard InChI is InChI=1S/C12H15FN2O6S/c1-6(2)11(12(16)17)14-22(20,21)8-4-9(13)7(3)10(5-8)15(18)19/h4-6,11,14H,1-3H3,(H,16,17)/t11-/m1/s1. The molecule has 1 aromatic rings. The third kappa shape index (κ3) is 3.77. The minimum Gasteiger partial charge on any atom is -0.480 e. The van der Waals surface area contributed by atoms with Gasteiger partial charge in [0.05, 0.1) is 15.4 Å². The monoisotopic (exact) mass is 334 g/mol. The lowest BCUT2D eigenvalue weighted by Gasteiger charge is -2.18. The molecule has 1 aromatic carbocycles. The smallest absolute Gasteiger partial charge is 0.322 e. The molecule has 0 radical (unpaired) electrons. The van der Waals surface area contributed by atoms with Gasteiger partial charge in [0.25, 0.3) is 5.69 Å². The predicted molar refractivity (Wildman–Crippen MR) is 74.4 cm³/mol. The topological polar surface area (TPSA) is 127 Å². The number of nitrogens with zero attached hydrogens (tertiary/aromatic N) is 1. The molecule has 0 saturated heterocycles. The average molecular weight is 334 g/mol. The Balaban J connectivity index is 3.35. The number of benzene rings is 1. The van der Waals surface area contributed by atoms with Crippen molar-refractivity contribution >= 4 is 21.7 Å². The van der Waals surface area contributed by atoms with Gasteiger partial charge in [-0.15, -0.1) is 0 Å². The first-order valence-electron chi connectivity index (χ1n) is 6.17. The first kappa shape index (κ1) is 18.0. The molecule has 0 aliphatic rings. The van der Waals surface area contributed by atoms with E-state index in [1.54, 1.807) is 0 Å². The van der Waals surface area contributed by atoms with E-state index in [9.17, 15) is 27.7 Å². The molecule has 0 heterocycles. The van der Waals surface area contributed by atoms with Crippen molar-refractivity contribution in [3.05, 3.63) is 33.6 Å². The lowest BCUT2D eigenvalue weighted by atomic mass is 10.1. The zero-order chi connectivity index (χ0) is 17.2. The average Bonchev–Trinajstić information content (AvgIpc) is 2.37. The fourth-order valence-electron chi connectivity index (χ4n) is 1.69. The van der Waals surface area contributed by atoms with E-state index in [1.807, 2.05) is 4.72 Å². The molecule has 0 bridgehead atoms. The van der Waals surface area contributed by atoms with Crippen molar-refractivity contribution in [1.82, 2.24) is 4.72 Å². The Bertz CT molecular complexity index is 717. The van der Waals surface area contributed by atoms with Gasteiger partial charge in [0.15, 0.2) is 0 Å². The second-order valence-electron chi connectivity index (χ2n) is 4.99. The van der Waals surface area contributed by atoms with E-state index in [0.717, 1.165) is 6.92 Å². The number of hydrogen-bond donors (Lipinski definition) is 2. The van der Waals surface area contributed by atoms with Crippen molar-refractivity contribution < 1.29 is 27.6 Å². The van der Waals surface area contributed by atoms with Crippen molar-refractivity contribution in [2.45, 2.75) is 31.7 Å². The molecule has 0 amide bonds. The van der Waals surface area contributed by atoms with E-state index in [-0.39, 0.29) is 5.56 Å². The molecule has 0 saturated carbocycles. The molecule has 0 unspecified atom stereocenters. The molecule has 8 nitrogen and oxygen atoms in total. The third-order valence-corrected chi connectivity index (χ3v) is 4.43. The van der Waals surface area contributed by atoms with Crippen molar-refractivity contribution in [2.24, 2.45) is 5.92 Å². The summed E-state index contributed by atoms with van der Waals surface area (Å²) in [6.07, 6.45) is 0. The number of hydrogen-bond acceptors (Lipinski definition) is 5. The van der Waals surface area contributed by atoms with Gasteiger partial charge in [-0.25, -0.2) is 12.8 Å². The van der Waals surface area contributed by atoms with Crippen LogP contribution in [0.25, 0.3) is 0 Å². The Labute approximate surface area is 126 Å². The van der Waals surface area contributed by atoms with Gasteiger partial charge < -0.3 is 5.11 Å². The van der Waals surface area contributed by atoms with Crippen LogP contribution in [-0.4, -0.2) is 30.5 Å². The van der Waals surface area contributed by atoms with Gasteiger partial charge in [-0.05, 0) is 18.9 Å². The van der Waals surface area contributed by atoms with Crippen LogP contribution in [0.1, 0.15) is 19.4 Å². The first-order valence-corrected chi connectivity index (χ1v) is 7.65.